The summed E-state index contributed by atoms with van der Waals surface area (Å²) < 4.78 is 14.1. The van der Waals surface area contributed by atoms with Crippen molar-refractivity contribution in [2.75, 3.05) is 0 Å². The van der Waals surface area contributed by atoms with Gasteiger partial charge in [-0.3, -0.25) is 0 Å². The van der Waals surface area contributed by atoms with Crippen LogP contribution in [-0.2, 0) is 11.8 Å². The average molecular weight is 712 g/mol. The lowest BCUT2D eigenvalue weighted by atomic mass is 9.78. The molecule has 55 heavy (non-hydrogen) atoms. The molecule has 0 amide bonds. The Balaban J connectivity index is 1.21. The summed E-state index contributed by atoms with van der Waals surface area (Å²) in [6, 6.07) is 43.2. The Hall–Kier alpha value is -6.26. The van der Waals surface area contributed by atoms with Crippen LogP contribution < -0.4 is 9.13 Å². The Morgan fingerprint density at radius 2 is 1.53 bits per heavy atom. The van der Waals surface area contributed by atoms with E-state index in [1.165, 1.54) is 93.6 Å². The first-order valence-corrected chi connectivity index (χ1v) is 19.7. The van der Waals surface area contributed by atoms with Crippen molar-refractivity contribution in [2.24, 2.45) is 0 Å². The quantitative estimate of drug-likeness (QED) is 0.144. The van der Waals surface area contributed by atoms with Crippen molar-refractivity contribution >= 4 is 65.7 Å². The van der Waals surface area contributed by atoms with Gasteiger partial charge < -0.3 is 8.82 Å². The van der Waals surface area contributed by atoms with Gasteiger partial charge in [-0.2, -0.15) is 9.13 Å². The molecule has 2 aliphatic heterocycles. The van der Waals surface area contributed by atoms with Crippen LogP contribution in [-0.4, -0.2) is 4.40 Å². The standard InChI is InChI=1S/C51H41N3O/c1-29-17-20-42-40(24-29)48-47-36-14-8-9-16-45(36)55-46(47)28-39-38-27-37-31(25-44(38)54(42)50(39)48)18-19-35-33-12-6-7-13-34(33)41-15-10-11-22-53(41)49(35)30(2)52-23-21-32(26-43(37)52)51(3,4)5/h6-17,20-28,35,49H,2,18-19H2,1,3-5H3/q+2. The molecular formula is C51H41N3O+2. The molecule has 0 saturated carbocycles. The molecule has 0 aliphatic carbocycles. The largest absolute Gasteiger partial charge is 0.456 e. The van der Waals surface area contributed by atoms with Gasteiger partial charge in [0, 0.05) is 62.1 Å². The molecule has 2 unspecified atom stereocenters. The van der Waals surface area contributed by atoms with E-state index >= 15 is 0 Å². The fourth-order valence-corrected chi connectivity index (χ4v) is 10.4. The van der Waals surface area contributed by atoms with Gasteiger partial charge >= 0.3 is 0 Å². The number of nitrogens with zero attached hydrogens (tertiary/aromatic N) is 3. The third kappa shape index (κ3) is 4.12. The predicted molar refractivity (Wildman–Crippen MR) is 225 cm³/mol. The molecule has 5 aromatic heterocycles. The average Bonchev–Trinajstić information content (AvgIpc) is 3.84. The normalized spacial score (nSPS) is 17.0. The van der Waals surface area contributed by atoms with E-state index in [0.717, 1.165) is 29.7 Å². The number of hydrogen-bond donors (Lipinski definition) is 0. The molecule has 4 heteroatoms. The van der Waals surface area contributed by atoms with E-state index in [0.29, 0.717) is 0 Å². The number of hydrogen-bond acceptors (Lipinski definition) is 1. The van der Waals surface area contributed by atoms with E-state index in [9.17, 15) is 0 Å². The maximum absolute atomic E-state index is 6.66. The predicted octanol–water partition coefficient (Wildman–Crippen LogP) is 12.0. The van der Waals surface area contributed by atoms with Crippen molar-refractivity contribution in [1.82, 2.24) is 4.40 Å². The van der Waals surface area contributed by atoms with E-state index in [1.54, 1.807) is 0 Å². The summed E-state index contributed by atoms with van der Waals surface area (Å²) in [7, 11) is 0. The highest BCUT2D eigenvalue weighted by molar-refractivity contribution is 6.34. The second kappa shape index (κ2) is 10.7. The van der Waals surface area contributed by atoms with Crippen LogP contribution in [0.25, 0.3) is 88.2 Å². The summed E-state index contributed by atoms with van der Waals surface area (Å²) in [6.45, 7) is 14.1. The molecule has 0 saturated heterocycles. The second-order valence-electron chi connectivity index (χ2n) is 17.1. The van der Waals surface area contributed by atoms with Crippen molar-refractivity contribution in [3.8, 4) is 22.5 Å². The van der Waals surface area contributed by atoms with Gasteiger partial charge in [-0.1, -0.05) is 68.8 Å². The molecule has 2 atom stereocenters. The van der Waals surface area contributed by atoms with Crippen LogP contribution in [0.5, 0.6) is 0 Å². The Labute approximate surface area is 319 Å². The highest BCUT2D eigenvalue weighted by Gasteiger charge is 2.47. The molecule has 5 aromatic carbocycles. The Bertz CT molecular complexity index is 3300. The molecule has 0 spiro atoms. The molecule has 264 valence electrons. The van der Waals surface area contributed by atoms with E-state index in [4.69, 9.17) is 11.0 Å². The van der Waals surface area contributed by atoms with Gasteiger partial charge in [-0.25, -0.2) is 0 Å². The fraction of sp³-hybridized carbons (Fsp3) is 0.176. The highest BCUT2D eigenvalue weighted by atomic mass is 16.3. The lowest BCUT2D eigenvalue weighted by Gasteiger charge is -2.29. The number of fused-ring (bicyclic) bond motifs is 19. The third-order valence-corrected chi connectivity index (χ3v) is 13.0. The van der Waals surface area contributed by atoms with Crippen LogP contribution in [0.15, 0.2) is 139 Å². The monoisotopic (exact) mass is 711 g/mol. The molecule has 4 nitrogen and oxygen atoms in total. The molecule has 0 fully saturated rings. The smallest absolute Gasteiger partial charge is 0.249 e. The van der Waals surface area contributed by atoms with Crippen molar-refractivity contribution < 1.29 is 13.6 Å². The van der Waals surface area contributed by atoms with Gasteiger partial charge in [0.25, 0.3) is 0 Å². The van der Waals surface area contributed by atoms with Crippen LogP contribution in [0.1, 0.15) is 61.4 Å². The van der Waals surface area contributed by atoms with E-state index in [-0.39, 0.29) is 17.4 Å². The fourth-order valence-electron chi connectivity index (χ4n) is 10.4. The SMILES string of the molecule is C=C1C2C(CCc3cc4c(cc3-c3cc(C(C)(C)C)cc[n+]31)c1cc3oc5ccccc5c3c3c5cc(C)ccc5n4c13)c1ccccc1-c1cccc[n+]12. The van der Waals surface area contributed by atoms with Crippen LogP contribution in [0.4, 0.5) is 0 Å². The molecule has 12 rings (SSSR count). The van der Waals surface area contributed by atoms with E-state index in [1.807, 2.05) is 0 Å². The molecule has 2 aliphatic rings. The minimum Gasteiger partial charge on any atom is -0.456 e. The minimum atomic E-state index is -0.0201. The van der Waals surface area contributed by atoms with Crippen molar-refractivity contribution in [3.05, 3.63) is 156 Å². The number of aromatic nitrogens is 3. The maximum atomic E-state index is 6.66. The van der Waals surface area contributed by atoms with E-state index in [2.05, 4.69) is 169 Å². The zero-order valence-corrected chi connectivity index (χ0v) is 31.7. The first kappa shape index (κ1) is 31.1. The second-order valence-corrected chi connectivity index (χ2v) is 17.1. The van der Waals surface area contributed by atoms with Crippen LogP contribution in [0.2, 0.25) is 0 Å². The highest BCUT2D eigenvalue weighted by Crippen LogP contribution is 2.49. The van der Waals surface area contributed by atoms with Crippen molar-refractivity contribution in [1.29, 1.82) is 0 Å². The first-order valence-electron chi connectivity index (χ1n) is 19.7. The van der Waals surface area contributed by atoms with Crippen LogP contribution >= 0.6 is 0 Å². The molecule has 0 bridgehead atoms. The summed E-state index contributed by atoms with van der Waals surface area (Å²) in [5.41, 5.74) is 17.1. The number of pyridine rings is 2. The number of rotatable bonds is 0. The third-order valence-electron chi connectivity index (χ3n) is 13.0. The lowest BCUT2D eigenvalue weighted by molar-refractivity contribution is -0.727. The molecule has 10 aromatic rings. The van der Waals surface area contributed by atoms with Gasteiger partial charge in [-0.15, -0.1) is 0 Å². The summed E-state index contributed by atoms with van der Waals surface area (Å²) >= 11 is 0. The number of aryl methyl sites for hydroxylation is 2. The summed E-state index contributed by atoms with van der Waals surface area (Å²) in [4.78, 5) is 0. The minimum absolute atomic E-state index is 0.0201. The van der Waals surface area contributed by atoms with Gasteiger partial charge in [0.05, 0.1) is 28.0 Å². The van der Waals surface area contributed by atoms with Crippen molar-refractivity contribution in [3.63, 3.8) is 0 Å². The van der Waals surface area contributed by atoms with Crippen molar-refractivity contribution in [2.45, 2.75) is 57.9 Å². The summed E-state index contributed by atoms with van der Waals surface area (Å²) in [5, 5.41) is 7.43. The molecule has 0 N–H and O–H groups in total. The number of benzene rings is 5. The first-order chi connectivity index (χ1) is 26.7. The summed E-state index contributed by atoms with van der Waals surface area (Å²) in [6.07, 6.45) is 6.50. The van der Waals surface area contributed by atoms with Gasteiger partial charge in [0.1, 0.15) is 11.2 Å². The summed E-state index contributed by atoms with van der Waals surface area (Å²) in [5.74, 6) is 0.255. The van der Waals surface area contributed by atoms with E-state index < -0.39 is 0 Å². The zero-order chi connectivity index (χ0) is 36.9. The number of furan rings is 1. The number of allylic oxidation sites excluding steroid dienone is 1. The van der Waals surface area contributed by atoms with Crippen LogP contribution in [0.3, 0.4) is 0 Å². The maximum Gasteiger partial charge on any atom is 0.249 e. The Morgan fingerprint density at radius 1 is 0.691 bits per heavy atom. The van der Waals surface area contributed by atoms with Gasteiger partial charge in [-0.05, 0) is 97.0 Å². The topological polar surface area (TPSA) is 25.3 Å². The lowest BCUT2D eigenvalue weighted by Crippen LogP contribution is -2.53. The van der Waals surface area contributed by atoms with Gasteiger partial charge in [0.15, 0.2) is 12.4 Å². The Morgan fingerprint density at radius 3 is 2.42 bits per heavy atom. The van der Waals surface area contributed by atoms with Crippen LogP contribution in [0, 0.1) is 6.92 Å². The molecule has 0 radical (unpaired) electrons. The number of para-hydroxylation sites is 1. The Kier molecular flexibility index (Phi) is 6.05. The molecular weight excluding hydrogens is 671 g/mol. The zero-order valence-electron chi connectivity index (χ0n) is 31.7. The van der Waals surface area contributed by atoms with Gasteiger partial charge in [0.2, 0.25) is 23.1 Å². The molecule has 7 heterocycles.